The van der Waals surface area contributed by atoms with Crippen molar-refractivity contribution in [2.24, 2.45) is 5.73 Å². The van der Waals surface area contributed by atoms with Crippen molar-refractivity contribution in [2.75, 3.05) is 37.6 Å². The van der Waals surface area contributed by atoms with E-state index in [1.54, 1.807) is 0 Å². The normalized spacial score (nSPS) is 21.7. The minimum atomic E-state index is 0.737. The van der Waals surface area contributed by atoms with Gasteiger partial charge in [-0.05, 0) is 63.4 Å². The highest BCUT2D eigenvalue weighted by atomic mass is 15.2. The maximum absolute atomic E-state index is 5.75. The molecule has 0 unspecified atom stereocenters. The monoisotopic (exact) mass is 287 g/mol. The molecular weight excluding hydrogens is 258 g/mol. The Morgan fingerprint density at radius 3 is 2.38 bits per heavy atom. The number of para-hydroxylation sites is 1. The van der Waals surface area contributed by atoms with Gasteiger partial charge in [-0.1, -0.05) is 24.6 Å². The molecule has 116 valence electrons. The lowest BCUT2D eigenvalue weighted by Gasteiger charge is -2.41. The van der Waals surface area contributed by atoms with Crippen LogP contribution in [0.3, 0.4) is 0 Å². The Kier molecular flexibility index (Phi) is 5.15. The second-order valence-electron chi connectivity index (χ2n) is 6.48. The number of hydrogen-bond donors (Lipinski definition) is 1. The summed E-state index contributed by atoms with van der Waals surface area (Å²) in [5.41, 5.74) is 8.58. The van der Waals surface area contributed by atoms with Gasteiger partial charge in [-0.15, -0.1) is 0 Å². The average molecular weight is 287 g/mol. The first-order valence-corrected chi connectivity index (χ1v) is 8.65. The maximum atomic E-state index is 5.75. The van der Waals surface area contributed by atoms with Crippen LogP contribution in [0.2, 0.25) is 0 Å². The second-order valence-corrected chi connectivity index (χ2v) is 6.48. The fraction of sp³-hybridized carbons (Fsp3) is 0.667. The molecule has 2 heterocycles. The smallest absolute Gasteiger partial charge is 0.0399 e. The number of anilines is 1. The largest absolute Gasteiger partial charge is 0.371 e. The molecule has 0 saturated carbocycles. The summed E-state index contributed by atoms with van der Waals surface area (Å²) in [6.07, 6.45) is 7.86. The molecular formula is C18H29N3. The Morgan fingerprint density at radius 1 is 0.952 bits per heavy atom. The van der Waals surface area contributed by atoms with E-state index in [0.717, 1.165) is 19.0 Å². The van der Waals surface area contributed by atoms with Crippen LogP contribution in [0.5, 0.6) is 0 Å². The van der Waals surface area contributed by atoms with Crippen LogP contribution in [0.15, 0.2) is 24.3 Å². The van der Waals surface area contributed by atoms with Crippen LogP contribution in [0, 0.1) is 0 Å². The van der Waals surface area contributed by atoms with E-state index in [0.29, 0.717) is 0 Å². The topological polar surface area (TPSA) is 32.5 Å². The van der Waals surface area contributed by atoms with Crippen molar-refractivity contribution in [2.45, 2.75) is 44.6 Å². The van der Waals surface area contributed by atoms with Gasteiger partial charge >= 0.3 is 0 Å². The number of hydrogen-bond acceptors (Lipinski definition) is 3. The molecule has 21 heavy (non-hydrogen) atoms. The Morgan fingerprint density at radius 2 is 1.67 bits per heavy atom. The summed E-state index contributed by atoms with van der Waals surface area (Å²) >= 11 is 0. The predicted octanol–water partition coefficient (Wildman–Crippen LogP) is 2.64. The van der Waals surface area contributed by atoms with Gasteiger partial charge in [-0.25, -0.2) is 0 Å². The lowest BCUT2D eigenvalue weighted by atomic mass is 9.98. The first kappa shape index (κ1) is 14.9. The molecule has 0 radical (unpaired) electrons. The maximum Gasteiger partial charge on any atom is 0.0399 e. The van der Waals surface area contributed by atoms with E-state index < -0.39 is 0 Å². The van der Waals surface area contributed by atoms with Crippen LogP contribution in [0.25, 0.3) is 0 Å². The average Bonchev–Trinajstić information content (AvgIpc) is 2.57. The summed E-state index contributed by atoms with van der Waals surface area (Å²) < 4.78 is 0. The highest BCUT2D eigenvalue weighted by Gasteiger charge is 2.26. The molecule has 2 N–H and O–H groups in total. The minimum absolute atomic E-state index is 0.737. The van der Waals surface area contributed by atoms with E-state index in [2.05, 4.69) is 34.1 Å². The highest BCUT2D eigenvalue weighted by molar-refractivity contribution is 5.54. The van der Waals surface area contributed by atoms with Crippen LogP contribution in [-0.2, 0) is 6.42 Å². The van der Waals surface area contributed by atoms with Gasteiger partial charge in [-0.3, -0.25) is 0 Å². The third kappa shape index (κ3) is 3.58. The molecule has 0 spiro atoms. The van der Waals surface area contributed by atoms with Gasteiger partial charge < -0.3 is 15.5 Å². The SMILES string of the molecule is NCCc1ccccc1N1CCC(N2CCCCC2)CC1. The zero-order valence-corrected chi connectivity index (χ0v) is 13.1. The summed E-state index contributed by atoms with van der Waals surface area (Å²) in [7, 11) is 0. The molecule has 2 saturated heterocycles. The minimum Gasteiger partial charge on any atom is -0.371 e. The summed E-state index contributed by atoms with van der Waals surface area (Å²) in [5.74, 6) is 0. The number of benzene rings is 1. The number of nitrogens with two attached hydrogens (primary N) is 1. The van der Waals surface area contributed by atoms with Gasteiger partial charge in [0, 0.05) is 24.8 Å². The molecule has 2 aliphatic rings. The van der Waals surface area contributed by atoms with E-state index in [1.165, 1.54) is 69.5 Å². The van der Waals surface area contributed by atoms with Crippen LogP contribution < -0.4 is 10.6 Å². The molecule has 1 aromatic carbocycles. The van der Waals surface area contributed by atoms with Crippen LogP contribution >= 0.6 is 0 Å². The highest BCUT2D eigenvalue weighted by Crippen LogP contribution is 2.27. The second kappa shape index (κ2) is 7.28. The quantitative estimate of drug-likeness (QED) is 0.924. The molecule has 3 nitrogen and oxygen atoms in total. The van der Waals surface area contributed by atoms with Gasteiger partial charge in [-0.2, -0.15) is 0 Å². The first-order valence-electron chi connectivity index (χ1n) is 8.65. The molecule has 0 atom stereocenters. The Bertz CT molecular complexity index is 432. The number of nitrogens with zero attached hydrogens (tertiary/aromatic N) is 2. The summed E-state index contributed by atoms with van der Waals surface area (Å²) in [6, 6.07) is 9.62. The fourth-order valence-corrected chi connectivity index (χ4v) is 3.94. The molecule has 0 bridgehead atoms. The number of piperidine rings is 2. The molecule has 0 amide bonds. The zero-order chi connectivity index (χ0) is 14.5. The van der Waals surface area contributed by atoms with Crippen molar-refractivity contribution in [1.29, 1.82) is 0 Å². The molecule has 0 aliphatic carbocycles. The van der Waals surface area contributed by atoms with Crippen LogP contribution in [0.4, 0.5) is 5.69 Å². The number of likely N-dealkylation sites (tertiary alicyclic amines) is 1. The summed E-state index contributed by atoms with van der Waals surface area (Å²) in [4.78, 5) is 5.32. The Labute approximate surface area is 129 Å². The Hall–Kier alpha value is -1.06. The summed E-state index contributed by atoms with van der Waals surface area (Å²) in [6.45, 7) is 5.79. The molecule has 2 aliphatic heterocycles. The van der Waals surface area contributed by atoms with Crippen molar-refractivity contribution in [3.63, 3.8) is 0 Å². The van der Waals surface area contributed by atoms with E-state index in [1.807, 2.05) is 0 Å². The van der Waals surface area contributed by atoms with Crippen molar-refractivity contribution in [3.8, 4) is 0 Å². The molecule has 2 fully saturated rings. The predicted molar refractivity (Wildman–Crippen MR) is 89.9 cm³/mol. The third-order valence-electron chi connectivity index (χ3n) is 5.12. The van der Waals surface area contributed by atoms with Gasteiger partial charge in [0.15, 0.2) is 0 Å². The van der Waals surface area contributed by atoms with Crippen molar-refractivity contribution < 1.29 is 0 Å². The Balaban J connectivity index is 1.60. The number of rotatable bonds is 4. The molecule has 3 rings (SSSR count). The zero-order valence-electron chi connectivity index (χ0n) is 13.1. The molecule has 1 aromatic rings. The lowest BCUT2D eigenvalue weighted by Crippen LogP contribution is -2.47. The molecule has 3 heteroatoms. The van der Waals surface area contributed by atoms with Crippen LogP contribution in [-0.4, -0.2) is 43.7 Å². The van der Waals surface area contributed by atoms with Gasteiger partial charge in [0.1, 0.15) is 0 Å². The standard InChI is InChI=1S/C18H29N3/c19-11-8-16-6-2-3-7-18(16)21-14-9-17(10-15-21)20-12-4-1-5-13-20/h2-3,6-7,17H,1,4-5,8-15,19H2. The van der Waals surface area contributed by atoms with Gasteiger partial charge in [0.2, 0.25) is 0 Å². The summed E-state index contributed by atoms with van der Waals surface area (Å²) in [5, 5.41) is 0. The van der Waals surface area contributed by atoms with E-state index in [-0.39, 0.29) is 0 Å². The van der Waals surface area contributed by atoms with E-state index in [4.69, 9.17) is 5.73 Å². The van der Waals surface area contributed by atoms with Crippen molar-refractivity contribution >= 4 is 5.69 Å². The van der Waals surface area contributed by atoms with Crippen molar-refractivity contribution in [1.82, 2.24) is 4.90 Å². The van der Waals surface area contributed by atoms with Crippen molar-refractivity contribution in [3.05, 3.63) is 29.8 Å². The lowest BCUT2D eigenvalue weighted by molar-refractivity contribution is 0.141. The molecule has 0 aromatic heterocycles. The van der Waals surface area contributed by atoms with E-state index in [9.17, 15) is 0 Å². The van der Waals surface area contributed by atoms with E-state index >= 15 is 0 Å². The fourth-order valence-electron chi connectivity index (χ4n) is 3.94. The third-order valence-corrected chi connectivity index (χ3v) is 5.12. The first-order chi connectivity index (χ1) is 10.4. The van der Waals surface area contributed by atoms with Gasteiger partial charge in [0.25, 0.3) is 0 Å². The van der Waals surface area contributed by atoms with Gasteiger partial charge in [0.05, 0.1) is 0 Å². The van der Waals surface area contributed by atoms with Crippen LogP contribution in [0.1, 0.15) is 37.7 Å².